The summed E-state index contributed by atoms with van der Waals surface area (Å²) in [5.74, 6) is 2.39. The van der Waals surface area contributed by atoms with E-state index in [0.29, 0.717) is 12.3 Å². The Morgan fingerprint density at radius 3 is 2.44 bits per heavy atom. The highest BCUT2D eigenvalue weighted by atomic mass is 127. The van der Waals surface area contributed by atoms with E-state index in [-0.39, 0.29) is 28.7 Å². The first-order valence-electron chi connectivity index (χ1n) is 9.46. The van der Waals surface area contributed by atoms with Crippen molar-refractivity contribution in [1.82, 2.24) is 15.5 Å². The van der Waals surface area contributed by atoms with Crippen LogP contribution in [0.5, 0.6) is 0 Å². The Labute approximate surface area is 174 Å². The molecular weight excluding hydrogens is 447 g/mol. The normalized spacial score (nSPS) is 18.5. The highest BCUT2D eigenvalue weighted by Crippen LogP contribution is 2.15. The maximum atomic E-state index is 12.1. The van der Waals surface area contributed by atoms with Crippen LogP contribution in [-0.4, -0.2) is 64.8 Å². The molecule has 0 saturated carbocycles. The van der Waals surface area contributed by atoms with Crippen LogP contribution >= 0.6 is 24.0 Å². The summed E-state index contributed by atoms with van der Waals surface area (Å²) in [6, 6.07) is 0. The van der Waals surface area contributed by atoms with Crippen LogP contribution in [0.15, 0.2) is 4.99 Å². The Bertz CT molecular complexity index is 404. The minimum absolute atomic E-state index is 0. The van der Waals surface area contributed by atoms with Crippen molar-refractivity contribution in [3.63, 3.8) is 0 Å². The van der Waals surface area contributed by atoms with E-state index in [1.54, 1.807) is 0 Å². The summed E-state index contributed by atoms with van der Waals surface area (Å²) in [6.45, 7) is 16.5. The number of piperidine rings is 1. The van der Waals surface area contributed by atoms with E-state index in [9.17, 15) is 4.21 Å². The zero-order valence-electron chi connectivity index (χ0n) is 16.8. The van der Waals surface area contributed by atoms with Crippen LogP contribution in [0.4, 0.5) is 0 Å². The van der Waals surface area contributed by atoms with Gasteiger partial charge in [0.1, 0.15) is 0 Å². The van der Waals surface area contributed by atoms with E-state index in [1.807, 2.05) is 20.8 Å². The number of hydrogen-bond acceptors (Lipinski definition) is 3. The van der Waals surface area contributed by atoms with E-state index in [1.165, 1.54) is 25.9 Å². The third-order valence-electron chi connectivity index (χ3n) is 4.39. The first kappa shape index (κ1) is 25.1. The zero-order chi connectivity index (χ0) is 18.0. The fraction of sp³-hybridized carbons (Fsp3) is 0.944. The molecule has 0 aromatic rings. The molecule has 150 valence electrons. The van der Waals surface area contributed by atoms with Crippen molar-refractivity contribution in [3.05, 3.63) is 0 Å². The molecule has 1 atom stereocenters. The fourth-order valence-electron chi connectivity index (χ4n) is 2.68. The molecule has 1 rings (SSSR count). The first-order valence-corrected chi connectivity index (χ1v) is 10.8. The van der Waals surface area contributed by atoms with Gasteiger partial charge in [-0.25, -0.2) is 0 Å². The minimum Gasteiger partial charge on any atom is -0.357 e. The van der Waals surface area contributed by atoms with Crippen molar-refractivity contribution in [1.29, 1.82) is 0 Å². The molecule has 2 N–H and O–H groups in total. The second kappa shape index (κ2) is 13.3. The summed E-state index contributed by atoms with van der Waals surface area (Å²) in [4.78, 5) is 7.20. The van der Waals surface area contributed by atoms with Crippen LogP contribution in [0.1, 0.15) is 53.9 Å². The van der Waals surface area contributed by atoms with Crippen molar-refractivity contribution in [2.24, 2.45) is 10.9 Å². The molecule has 0 radical (unpaired) electrons. The van der Waals surface area contributed by atoms with Crippen molar-refractivity contribution in [2.45, 2.75) is 58.6 Å². The Balaban J connectivity index is 0.00000576. The van der Waals surface area contributed by atoms with Gasteiger partial charge >= 0.3 is 0 Å². The third kappa shape index (κ3) is 11.4. The van der Waals surface area contributed by atoms with Gasteiger partial charge in [-0.05, 0) is 72.5 Å². The average molecular weight is 487 g/mol. The van der Waals surface area contributed by atoms with Gasteiger partial charge in [0, 0.05) is 40.9 Å². The van der Waals surface area contributed by atoms with Gasteiger partial charge < -0.3 is 15.5 Å². The lowest BCUT2D eigenvalue weighted by Gasteiger charge is -2.29. The molecule has 5 nitrogen and oxygen atoms in total. The van der Waals surface area contributed by atoms with Gasteiger partial charge in [0.25, 0.3) is 0 Å². The van der Waals surface area contributed by atoms with Crippen LogP contribution in [0.25, 0.3) is 0 Å². The number of guanidine groups is 1. The summed E-state index contributed by atoms with van der Waals surface area (Å²) < 4.78 is 11.9. The molecule has 7 heteroatoms. The van der Waals surface area contributed by atoms with Crippen molar-refractivity contribution in [3.8, 4) is 0 Å². The molecule has 1 heterocycles. The highest BCUT2D eigenvalue weighted by molar-refractivity contribution is 14.0. The summed E-state index contributed by atoms with van der Waals surface area (Å²) in [5, 5.41) is 6.57. The lowest BCUT2D eigenvalue weighted by atomic mass is 9.99. The van der Waals surface area contributed by atoms with Crippen LogP contribution < -0.4 is 10.6 Å². The quantitative estimate of drug-likeness (QED) is 0.240. The molecule has 1 aliphatic rings. The largest absolute Gasteiger partial charge is 0.357 e. The van der Waals surface area contributed by atoms with Crippen LogP contribution in [0, 0.1) is 5.92 Å². The number of halogens is 1. The second-order valence-corrected chi connectivity index (χ2v) is 10.1. The number of nitrogens with zero attached hydrogens (tertiary/aromatic N) is 2. The molecule has 1 saturated heterocycles. The third-order valence-corrected chi connectivity index (χ3v) is 6.33. The summed E-state index contributed by atoms with van der Waals surface area (Å²) in [6.07, 6.45) is 3.76. The highest BCUT2D eigenvalue weighted by Gasteiger charge is 2.18. The minimum atomic E-state index is -0.823. The SMILES string of the molecule is CCNC(=NCCCN1CCC(C)CC1)NCCS(=O)C(C)(C)C.I. The topological polar surface area (TPSA) is 56.7 Å². The number of rotatable bonds is 8. The molecular formula is C18H39IN4OS. The first-order chi connectivity index (χ1) is 11.3. The van der Waals surface area contributed by atoms with Gasteiger partial charge in [-0.2, -0.15) is 0 Å². The lowest BCUT2D eigenvalue weighted by Crippen LogP contribution is -2.40. The molecule has 0 spiro atoms. The number of hydrogen-bond donors (Lipinski definition) is 2. The average Bonchev–Trinajstić information content (AvgIpc) is 2.52. The predicted molar refractivity (Wildman–Crippen MR) is 122 cm³/mol. The summed E-state index contributed by atoms with van der Waals surface area (Å²) in [5.41, 5.74) is 0. The van der Waals surface area contributed by atoms with Crippen molar-refractivity contribution >= 4 is 40.7 Å². The lowest BCUT2D eigenvalue weighted by molar-refractivity contribution is 0.192. The molecule has 25 heavy (non-hydrogen) atoms. The molecule has 1 aliphatic heterocycles. The maximum absolute atomic E-state index is 12.1. The smallest absolute Gasteiger partial charge is 0.191 e. The Morgan fingerprint density at radius 2 is 1.88 bits per heavy atom. The second-order valence-electron chi connectivity index (χ2n) is 7.73. The van der Waals surface area contributed by atoms with Gasteiger partial charge in [0.15, 0.2) is 5.96 Å². The maximum Gasteiger partial charge on any atom is 0.191 e. The van der Waals surface area contributed by atoms with E-state index < -0.39 is 10.8 Å². The molecule has 0 aromatic heterocycles. The zero-order valence-corrected chi connectivity index (χ0v) is 19.9. The van der Waals surface area contributed by atoms with Gasteiger partial charge in [-0.3, -0.25) is 9.20 Å². The van der Waals surface area contributed by atoms with E-state index >= 15 is 0 Å². The Morgan fingerprint density at radius 1 is 1.24 bits per heavy atom. The monoisotopic (exact) mass is 486 g/mol. The molecule has 0 aliphatic carbocycles. The standard InChI is InChI=1S/C18H38N4OS.HI/c1-6-19-17(21-11-15-24(23)18(3,4)5)20-10-7-12-22-13-8-16(2)9-14-22;/h16H,6-15H2,1-5H3,(H2,19,20,21);1H. The van der Waals surface area contributed by atoms with Gasteiger partial charge in [-0.1, -0.05) is 6.92 Å². The van der Waals surface area contributed by atoms with Crippen LogP contribution in [0.2, 0.25) is 0 Å². The fourth-order valence-corrected chi connectivity index (χ4v) is 3.58. The predicted octanol–water partition coefficient (Wildman–Crippen LogP) is 2.83. The van der Waals surface area contributed by atoms with Crippen LogP contribution in [-0.2, 0) is 10.8 Å². The van der Waals surface area contributed by atoms with Crippen molar-refractivity contribution in [2.75, 3.05) is 45.0 Å². The number of aliphatic imine (C=N–C) groups is 1. The number of nitrogens with one attached hydrogen (secondary N) is 2. The van der Waals surface area contributed by atoms with Gasteiger partial charge in [-0.15, -0.1) is 24.0 Å². The number of likely N-dealkylation sites (tertiary alicyclic amines) is 1. The molecule has 0 aromatic carbocycles. The Hall–Kier alpha value is 0.110. The van der Waals surface area contributed by atoms with Crippen LogP contribution in [0.3, 0.4) is 0 Å². The van der Waals surface area contributed by atoms with E-state index in [2.05, 4.69) is 34.4 Å². The molecule has 0 bridgehead atoms. The van der Waals surface area contributed by atoms with Crippen molar-refractivity contribution < 1.29 is 4.21 Å². The van der Waals surface area contributed by atoms with Gasteiger partial charge in [0.05, 0.1) is 0 Å². The Kier molecular flexibility index (Phi) is 13.4. The van der Waals surface area contributed by atoms with E-state index in [4.69, 9.17) is 0 Å². The van der Waals surface area contributed by atoms with E-state index in [0.717, 1.165) is 37.9 Å². The summed E-state index contributed by atoms with van der Waals surface area (Å²) in [7, 11) is -0.823. The molecule has 1 fully saturated rings. The molecule has 1 unspecified atom stereocenters. The molecule has 0 amide bonds. The summed E-state index contributed by atoms with van der Waals surface area (Å²) >= 11 is 0. The van der Waals surface area contributed by atoms with Gasteiger partial charge in [0.2, 0.25) is 0 Å².